The summed E-state index contributed by atoms with van der Waals surface area (Å²) >= 11 is 12.0. The van der Waals surface area contributed by atoms with Crippen LogP contribution in [0.15, 0.2) is 72.8 Å². The Morgan fingerprint density at radius 3 is 2.58 bits per heavy atom. The quantitative estimate of drug-likeness (QED) is 0.505. The molecule has 3 aromatic rings. The lowest BCUT2D eigenvalue weighted by Gasteiger charge is -2.56. The summed E-state index contributed by atoms with van der Waals surface area (Å²) in [6.07, 6.45) is 0. The number of nitrogens with one attached hydrogen (secondary N) is 2. The van der Waals surface area contributed by atoms with Gasteiger partial charge in [-0.1, -0.05) is 29.8 Å². The number of para-hydroxylation sites is 1. The summed E-state index contributed by atoms with van der Waals surface area (Å²) in [5.74, 6) is 0.534. The minimum absolute atomic E-state index is 0.200. The minimum atomic E-state index is -1.08. The van der Waals surface area contributed by atoms with Crippen molar-refractivity contribution in [3.8, 4) is 11.5 Å². The molecule has 1 saturated heterocycles. The number of ether oxygens (including phenoxy) is 2. The summed E-state index contributed by atoms with van der Waals surface area (Å²) in [4.78, 5) is 15.6. The fourth-order valence-corrected chi connectivity index (χ4v) is 5.21. The van der Waals surface area contributed by atoms with Crippen molar-refractivity contribution in [1.29, 1.82) is 0 Å². The van der Waals surface area contributed by atoms with E-state index >= 15 is 0 Å². The standard InChI is InChI=1S/C25H22ClN3O3S/c1-25-21(23(30)27-16-9-11-18(31-2)12-10-16)22(19-14-15(26)8-13-20(19)32-25)28-24(33)29(25)17-6-4-3-5-7-17/h3-14,21-22H,1-2H3,(H,27,30)(H,28,33)/t21-,22-,25-/m0/s1. The molecule has 6 nitrogen and oxygen atoms in total. The fraction of sp³-hybridized carbons (Fsp3) is 0.200. The molecule has 0 radical (unpaired) electrons. The van der Waals surface area contributed by atoms with Crippen molar-refractivity contribution in [2.24, 2.45) is 5.92 Å². The van der Waals surface area contributed by atoms with Crippen LogP contribution in [0.4, 0.5) is 11.4 Å². The van der Waals surface area contributed by atoms with E-state index in [1.54, 1.807) is 37.4 Å². The predicted molar refractivity (Wildman–Crippen MR) is 133 cm³/mol. The predicted octanol–water partition coefficient (Wildman–Crippen LogP) is 5.15. The highest BCUT2D eigenvalue weighted by atomic mass is 35.5. The van der Waals surface area contributed by atoms with Gasteiger partial charge in [-0.2, -0.15) is 0 Å². The van der Waals surface area contributed by atoms with Crippen LogP contribution in [0.5, 0.6) is 11.5 Å². The highest BCUT2D eigenvalue weighted by Crippen LogP contribution is 2.50. The molecule has 0 saturated carbocycles. The first-order chi connectivity index (χ1) is 15.9. The van der Waals surface area contributed by atoms with Gasteiger partial charge in [0, 0.05) is 22.0 Å². The van der Waals surface area contributed by atoms with Crippen LogP contribution in [-0.2, 0) is 4.79 Å². The number of carbonyl (C=O) groups excluding carboxylic acids is 1. The van der Waals surface area contributed by atoms with E-state index in [1.165, 1.54) is 0 Å². The van der Waals surface area contributed by atoms with E-state index in [2.05, 4.69) is 10.6 Å². The first-order valence-corrected chi connectivity index (χ1v) is 11.3. The van der Waals surface area contributed by atoms with Gasteiger partial charge in [0.05, 0.1) is 13.2 Å². The van der Waals surface area contributed by atoms with Gasteiger partial charge in [0.1, 0.15) is 17.4 Å². The van der Waals surface area contributed by atoms with Crippen LogP contribution in [0.3, 0.4) is 0 Å². The zero-order valence-electron chi connectivity index (χ0n) is 18.0. The molecule has 0 aromatic heterocycles. The van der Waals surface area contributed by atoms with E-state index in [0.717, 1.165) is 11.3 Å². The van der Waals surface area contributed by atoms with Gasteiger partial charge in [0.25, 0.3) is 0 Å². The lowest BCUT2D eigenvalue weighted by molar-refractivity contribution is -0.130. The molecule has 0 unspecified atom stereocenters. The molecule has 2 aliphatic heterocycles. The average Bonchev–Trinajstić information content (AvgIpc) is 2.80. The molecule has 2 heterocycles. The maximum Gasteiger partial charge on any atom is 0.236 e. The van der Waals surface area contributed by atoms with Crippen molar-refractivity contribution >= 4 is 46.2 Å². The van der Waals surface area contributed by atoms with E-state index in [0.29, 0.717) is 27.3 Å². The first-order valence-electron chi connectivity index (χ1n) is 10.5. The molecule has 2 bridgehead atoms. The van der Waals surface area contributed by atoms with Crippen LogP contribution in [-0.4, -0.2) is 23.9 Å². The number of hydrogen-bond acceptors (Lipinski definition) is 4. The van der Waals surface area contributed by atoms with Gasteiger partial charge in [-0.3, -0.25) is 9.69 Å². The summed E-state index contributed by atoms with van der Waals surface area (Å²) in [6.45, 7) is 1.90. The SMILES string of the molecule is COc1ccc(NC(=O)[C@@H]2[C@H]3NC(=S)N(c4ccccc4)[C@@]2(C)Oc2ccc(Cl)cc23)cc1. The molecule has 3 aromatic carbocycles. The highest BCUT2D eigenvalue weighted by molar-refractivity contribution is 7.80. The Morgan fingerprint density at radius 2 is 1.88 bits per heavy atom. The summed E-state index contributed by atoms with van der Waals surface area (Å²) in [5.41, 5.74) is 1.21. The number of thiocarbonyl (C=S) groups is 1. The van der Waals surface area contributed by atoms with Crippen molar-refractivity contribution in [2.45, 2.75) is 18.7 Å². The Kier molecular flexibility index (Phi) is 5.38. The third kappa shape index (κ3) is 3.67. The van der Waals surface area contributed by atoms with Crippen molar-refractivity contribution in [2.75, 3.05) is 17.3 Å². The number of anilines is 2. The van der Waals surface area contributed by atoms with Gasteiger partial charge in [0.2, 0.25) is 5.91 Å². The third-order valence-electron chi connectivity index (χ3n) is 6.11. The van der Waals surface area contributed by atoms with E-state index in [-0.39, 0.29) is 5.91 Å². The van der Waals surface area contributed by atoms with Crippen LogP contribution < -0.4 is 25.0 Å². The van der Waals surface area contributed by atoms with Crippen LogP contribution in [0.1, 0.15) is 18.5 Å². The Balaban J connectivity index is 1.59. The Bertz CT molecular complexity index is 1220. The number of fused-ring (bicyclic) bond motifs is 4. The molecular formula is C25H22ClN3O3S. The molecule has 0 spiro atoms. The highest BCUT2D eigenvalue weighted by Gasteiger charge is 2.59. The average molecular weight is 480 g/mol. The van der Waals surface area contributed by atoms with Crippen molar-refractivity contribution in [3.63, 3.8) is 0 Å². The molecule has 2 aliphatic rings. The second-order valence-electron chi connectivity index (χ2n) is 8.13. The molecule has 168 valence electrons. The molecule has 1 amide bonds. The summed E-state index contributed by atoms with van der Waals surface area (Å²) in [7, 11) is 1.60. The number of amides is 1. The molecule has 0 aliphatic carbocycles. The topological polar surface area (TPSA) is 62.8 Å². The third-order valence-corrected chi connectivity index (χ3v) is 6.65. The second kappa shape index (κ2) is 8.24. The number of benzene rings is 3. The van der Waals surface area contributed by atoms with E-state index in [9.17, 15) is 4.79 Å². The molecule has 33 heavy (non-hydrogen) atoms. The second-order valence-corrected chi connectivity index (χ2v) is 8.96. The van der Waals surface area contributed by atoms with Gasteiger partial charge in [-0.05, 0) is 73.7 Å². The number of rotatable bonds is 4. The molecule has 8 heteroatoms. The number of nitrogens with zero attached hydrogens (tertiary/aromatic N) is 1. The van der Waals surface area contributed by atoms with E-state index in [4.69, 9.17) is 33.3 Å². The maximum atomic E-state index is 13.8. The Labute approximate surface area is 202 Å². The van der Waals surface area contributed by atoms with Crippen molar-refractivity contribution in [3.05, 3.63) is 83.4 Å². The number of methoxy groups -OCH3 is 1. The number of hydrogen-bond donors (Lipinski definition) is 2. The van der Waals surface area contributed by atoms with Crippen molar-refractivity contribution in [1.82, 2.24) is 5.32 Å². The maximum absolute atomic E-state index is 13.8. The molecule has 5 rings (SSSR count). The monoisotopic (exact) mass is 479 g/mol. The summed E-state index contributed by atoms with van der Waals surface area (Å²) in [6, 6.07) is 21.9. The van der Waals surface area contributed by atoms with Crippen LogP contribution in [0, 0.1) is 5.92 Å². The van der Waals surface area contributed by atoms with Gasteiger partial charge < -0.3 is 20.1 Å². The number of halogens is 1. The molecule has 3 atom stereocenters. The molecular weight excluding hydrogens is 458 g/mol. The van der Waals surface area contributed by atoms with Gasteiger partial charge in [-0.25, -0.2) is 0 Å². The fourth-order valence-electron chi connectivity index (χ4n) is 4.61. The zero-order chi connectivity index (χ0) is 23.2. The van der Waals surface area contributed by atoms with Gasteiger partial charge in [-0.15, -0.1) is 0 Å². The van der Waals surface area contributed by atoms with Crippen LogP contribution in [0.2, 0.25) is 5.02 Å². The lowest BCUT2D eigenvalue weighted by Crippen LogP contribution is -2.72. The van der Waals surface area contributed by atoms with Gasteiger partial charge in [0.15, 0.2) is 10.8 Å². The molecule has 1 fully saturated rings. The molecule has 2 N–H and O–H groups in total. The minimum Gasteiger partial charge on any atom is -0.497 e. The normalized spacial score (nSPS) is 23.1. The van der Waals surface area contributed by atoms with E-state index in [1.807, 2.05) is 54.3 Å². The largest absolute Gasteiger partial charge is 0.497 e. The number of carbonyl (C=O) groups is 1. The summed E-state index contributed by atoms with van der Waals surface area (Å²) < 4.78 is 11.8. The van der Waals surface area contributed by atoms with Crippen LogP contribution >= 0.6 is 23.8 Å². The lowest BCUT2D eigenvalue weighted by atomic mass is 9.78. The first kappa shape index (κ1) is 21.6. The summed E-state index contributed by atoms with van der Waals surface area (Å²) in [5, 5.41) is 7.45. The van der Waals surface area contributed by atoms with Gasteiger partial charge >= 0.3 is 0 Å². The smallest absolute Gasteiger partial charge is 0.236 e. The van der Waals surface area contributed by atoms with E-state index < -0.39 is 17.7 Å². The van der Waals surface area contributed by atoms with Crippen molar-refractivity contribution < 1.29 is 14.3 Å². The Morgan fingerprint density at radius 1 is 1.15 bits per heavy atom. The van der Waals surface area contributed by atoms with Crippen LogP contribution in [0.25, 0.3) is 0 Å². The Hall–Kier alpha value is -3.29. The zero-order valence-corrected chi connectivity index (χ0v) is 19.6.